The summed E-state index contributed by atoms with van der Waals surface area (Å²) < 4.78 is 0. The topological polar surface area (TPSA) is 96.4 Å². The van der Waals surface area contributed by atoms with Gasteiger partial charge in [-0.3, -0.25) is 0 Å². The number of anilines is 1. The normalized spacial score (nSPS) is 10.1. The third-order valence-electron chi connectivity index (χ3n) is 2.31. The highest BCUT2D eigenvalue weighted by Gasteiger charge is 2.12. The lowest BCUT2D eigenvalue weighted by Gasteiger charge is -2.06. The zero-order chi connectivity index (χ0) is 12.4. The van der Waals surface area contributed by atoms with Crippen LogP contribution in [-0.4, -0.2) is 21.2 Å². The quantitative estimate of drug-likeness (QED) is 0.730. The second-order valence-electron chi connectivity index (χ2n) is 3.46. The Bertz CT molecular complexity index is 582. The van der Waals surface area contributed by atoms with Gasteiger partial charge in [0.2, 0.25) is 0 Å². The molecule has 86 valence electrons. The van der Waals surface area contributed by atoms with Crippen LogP contribution in [0, 0.1) is 0 Å². The Labute approximate surface area is 97.2 Å². The number of nitrogens with two attached hydrogens (primary N) is 1. The van der Waals surface area contributed by atoms with Gasteiger partial charge < -0.3 is 15.9 Å². The van der Waals surface area contributed by atoms with Crippen LogP contribution in [-0.2, 0) is 0 Å². The van der Waals surface area contributed by atoms with E-state index in [1.807, 2.05) is 0 Å². The number of benzene rings is 1. The molecule has 0 saturated heterocycles. The molecule has 0 aliphatic carbocycles. The van der Waals surface area contributed by atoms with Crippen LogP contribution in [0.3, 0.4) is 0 Å². The molecule has 0 amide bonds. The molecule has 0 saturated carbocycles. The van der Waals surface area contributed by atoms with Crippen molar-refractivity contribution in [1.29, 1.82) is 0 Å². The largest absolute Gasteiger partial charge is 0.507 e. The number of hydrogen-bond donors (Lipinski definition) is 3. The van der Waals surface area contributed by atoms with Gasteiger partial charge >= 0.3 is 5.97 Å². The van der Waals surface area contributed by atoms with Gasteiger partial charge in [-0.1, -0.05) is 12.1 Å². The van der Waals surface area contributed by atoms with Gasteiger partial charge in [-0.15, -0.1) is 0 Å². The predicted octanol–water partition coefficient (Wildman–Crippen LogP) is 1.73. The summed E-state index contributed by atoms with van der Waals surface area (Å²) in [5.74, 6) is -1.15. The van der Waals surface area contributed by atoms with Crippen LogP contribution in [0.25, 0.3) is 11.3 Å². The van der Waals surface area contributed by atoms with Crippen molar-refractivity contribution in [2.75, 3.05) is 5.73 Å². The molecule has 0 bridgehead atoms. The molecule has 17 heavy (non-hydrogen) atoms. The number of carboxylic acid groups (broad SMARTS) is 1. The van der Waals surface area contributed by atoms with Gasteiger partial charge in [0.25, 0.3) is 0 Å². The minimum absolute atomic E-state index is 0.0427. The van der Waals surface area contributed by atoms with E-state index in [9.17, 15) is 9.90 Å². The number of carbonyl (C=O) groups is 1. The number of phenolic OH excluding ortho intramolecular Hbond substituents is 1. The minimum atomic E-state index is -1.19. The molecule has 2 aromatic rings. The van der Waals surface area contributed by atoms with Crippen molar-refractivity contribution < 1.29 is 15.0 Å². The van der Waals surface area contributed by atoms with E-state index in [-0.39, 0.29) is 17.1 Å². The Balaban J connectivity index is 2.58. The maximum atomic E-state index is 10.9. The first-order valence-electron chi connectivity index (χ1n) is 4.88. The molecule has 5 nitrogen and oxygen atoms in total. The van der Waals surface area contributed by atoms with Crippen LogP contribution >= 0.6 is 0 Å². The molecule has 0 radical (unpaired) electrons. The maximum absolute atomic E-state index is 10.9. The van der Waals surface area contributed by atoms with E-state index < -0.39 is 5.97 Å². The fraction of sp³-hybridized carbons (Fsp3) is 0. The molecule has 1 aromatic carbocycles. The molecular weight excluding hydrogens is 220 g/mol. The lowest BCUT2D eigenvalue weighted by Crippen LogP contribution is -2.06. The average Bonchev–Trinajstić information content (AvgIpc) is 2.30. The summed E-state index contributed by atoms with van der Waals surface area (Å²) >= 11 is 0. The smallest absolute Gasteiger partial charge is 0.356 e. The lowest BCUT2D eigenvalue weighted by atomic mass is 10.1. The van der Waals surface area contributed by atoms with E-state index in [1.54, 1.807) is 24.3 Å². The fourth-order valence-electron chi connectivity index (χ4n) is 1.48. The molecular formula is C12H10N2O3. The third kappa shape index (κ3) is 2.03. The van der Waals surface area contributed by atoms with Crippen molar-refractivity contribution in [3.8, 4) is 17.0 Å². The minimum Gasteiger partial charge on any atom is -0.507 e. The molecule has 0 fully saturated rings. The van der Waals surface area contributed by atoms with Crippen molar-refractivity contribution in [3.05, 3.63) is 42.1 Å². The van der Waals surface area contributed by atoms with E-state index in [1.165, 1.54) is 12.1 Å². The van der Waals surface area contributed by atoms with Gasteiger partial charge in [0.05, 0.1) is 11.4 Å². The van der Waals surface area contributed by atoms with Crippen LogP contribution in [0.2, 0.25) is 0 Å². The van der Waals surface area contributed by atoms with E-state index in [4.69, 9.17) is 10.8 Å². The second-order valence-corrected chi connectivity index (χ2v) is 3.46. The Morgan fingerprint density at radius 1 is 1.18 bits per heavy atom. The van der Waals surface area contributed by atoms with Crippen LogP contribution in [0.5, 0.6) is 5.75 Å². The van der Waals surface area contributed by atoms with Crippen molar-refractivity contribution in [2.24, 2.45) is 0 Å². The maximum Gasteiger partial charge on any atom is 0.356 e. The first-order valence-corrected chi connectivity index (χ1v) is 4.88. The molecule has 5 heteroatoms. The second kappa shape index (κ2) is 4.13. The first kappa shape index (κ1) is 10.9. The average molecular weight is 230 g/mol. The summed E-state index contributed by atoms with van der Waals surface area (Å²) in [6.45, 7) is 0. The van der Waals surface area contributed by atoms with Crippen molar-refractivity contribution in [2.45, 2.75) is 0 Å². The van der Waals surface area contributed by atoms with Crippen LogP contribution in [0.4, 0.5) is 5.69 Å². The van der Waals surface area contributed by atoms with E-state index in [0.717, 1.165) is 0 Å². The number of rotatable bonds is 2. The predicted molar refractivity (Wildman–Crippen MR) is 62.7 cm³/mol. The van der Waals surface area contributed by atoms with E-state index in [2.05, 4.69) is 4.98 Å². The lowest BCUT2D eigenvalue weighted by molar-refractivity contribution is 0.0692. The van der Waals surface area contributed by atoms with Crippen molar-refractivity contribution in [3.63, 3.8) is 0 Å². The molecule has 0 aliphatic heterocycles. The Kier molecular flexibility index (Phi) is 2.66. The van der Waals surface area contributed by atoms with Gasteiger partial charge in [-0.25, -0.2) is 9.78 Å². The van der Waals surface area contributed by atoms with Gasteiger partial charge in [0, 0.05) is 5.56 Å². The summed E-state index contributed by atoms with van der Waals surface area (Å²) in [5, 5.41) is 18.5. The molecule has 0 aliphatic rings. The Morgan fingerprint density at radius 2 is 1.88 bits per heavy atom. The van der Waals surface area contributed by atoms with Gasteiger partial charge in [0.15, 0.2) is 5.69 Å². The number of para-hydroxylation sites is 1. The van der Waals surface area contributed by atoms with E-state index >= 15 is 0 Å². The summed E-state index contributed by atoms with van der Waals surface area (Å²) in [6, 6.07) is 9.59. The molecule has 2 rings (SSSR count). The fourth-order valence-corrected chi connectivity index (χ4v) is 1.48. The number of hydrogen-bond acceptors (Lipinski definition) is 4. The molecule has 0 spiro atoms. The molecule has 1 aromatic heterocycles. The summed E-state index contributed by atoms with van der Waals surface area (Å²) in [7, 11) is 0. The number of nitrogens with zero attached hydrogens (tertiary/aromatic N) is 1. The SMILES string of the molecule is Nc1ccc(-c2ccccc2O)nc1C(=O)O. The van der Waals surface area contributed by atoms with Crippen LogP contribution in [0.1, 0.15) is 10.5 Å². The zero-order valence-electron chi connectivity index (χ0n) is 8.79. The van der Waals surface area contributed by atoms with Crippen LogP contribution in [0.15, 0.2) is 36.4 Å². The number of phenols is 1. The summed E-state index contributed by atoms with van der Waals surface area (Å²) in [4.78, 5) is 14.8. The van der Waals surface area contributed by atoms with Gasteiger partial charge in [0.1, 0.15) is 5.75 Å². The first-order chi connectivity index (χ1) is 8.09. The number of aromatic hydroxyl groups is 1. The standard InChI is InChI=1S/C12H10N2O3/c13-8-5-6-9(14-11(8)12(16)17)7-3-1-2-4-10(7)15/h1-6,15H,13H2,(H,16,17). The highest BCUT2D eigenvalue weighted by Crippen LogP contribution is 2.28. The number of aromatic nitrogens is 1. The van der Waals surface area contributed by atoms with Gasteiger partial charge in [-0.2, -0.15) is 0 Å². The highest BCUT2D eigenvalue weighted by atomic mass is 16.4. The van der Waals surface area contributed by atoms with Crippen molar-refractivity contribution >= 4 is 11.7 Å². The van der Waals surface area contributed by atoms with Crippen molar-refractivity contribution in [1.82, 2.24) is 4.98 Å². The molecule has 1 heterocycles. The molecule has 4 N–H and O–H groups in total. The number of carboxylic acids is 1. The van der Waals surface area contributed by atoms with Crippen LogP contribution < -0.4 is 5.73 Å². The van der Waals surface area contributed by atoms with Gasteiger partial charge in [-0.05, 0) is 24.3 Å². The number of nitrogen functional groups attached to an aromatic ring is 1. The highest BCUT2D eigenvalue weighted by molar-refractivity contribution is 5.92. The van der Waals surface area contributed by atoms with E-state index in [0.29, 0.717) is 11.3 Å². The molecule has 0 atom stereocenters. The monoisotopic (exact) mass is 230 g/mol. The Hall–Kier alpha value is -2.56. The number of aromatic carboxylic acids is 1. The summed E-state index contributed by atoms with van der Waals surface area (Å²) in [5.41, 5.74) is 6.22. The Morgan fingerprint density at radius 3 is 2.53 bits per heavy atom. The zero-order valence-corrected chi connectivity index (χ0v) is 8.79. The third-order valence-corrected chi connectivity index (χ3v) is 2.31. The summed E-state index contributed by atoms with van der Waals surface area (Å²) in [6.07, 6.45) is 0. The number of pyridine rings is 1. The molecule has 0 unspecified atom stereocenters.